The number of carbonyl (C=O) groups is 2. The molecular formula is C12H14ClNO3S. The van der Waals surface area contributed by atoms with Crippen LogP contribution in [0.1, 0.15) is 18.2 Å². The first kappa shape index (κ1) is 13.4. The summed E-state index contributed by atoms with van der Waals surface area (Å²) in [6, 6.07) is 3.59. The minimum Gasteiger partial charge on any atom is -0.460 e. The summed E-state index contributed by atoms with van der Waals surface area (Å²) in [6.07, 6.45) is 0.793. The number of ether oxygens (including phenoxy) is 1. The quantitative estimate of drug-likeness (QED) is 0.800. The van der Waals surface area contributed by atoms with Gasteiger partial charge in [-0.1, -0.05) is 11.6 Å². The second-order valence-corrected chi connectivity index (χ2v) is 6.05. The highest BCUT2D eigenvalue weighted by Gasteiger charge is 2.27. The Morgan fingerprint density at radius 2 is 2.33 bits per heavy atom. The maximum Gasteiger partial charge on any atom is 0.311 e. The van der Waals surface area contributed by atoms with Gasteiger partial charge >= 0.3 is 5.97 Å². The van der Waals surface area contributed by atoms with Crippen molar-refractivity contribution in [1.82, 2.24) is 4.90 Å². The van der Waals surface area contributed by atoms with Crippen LogP contribution < -0.4 is 0 Å². The summed E-state index contributed by atoms with van der Waals surface area (Å²) in [5.74, 6) is -0.234. The predicted octanol–water partition coefficient (Wildman–Crippen LogP) is 2.11. The van der Waals surface area contributed by atoms with Crippen LogP contribution >= 0.6 is 22.9 Å². The van der Waals surface area contributed by atoms with Gasteiger partial charge < -0.3 is 9.64 Å². The number of halogens is 1. The average molecular weight is 288 g/mol. The van der Waals surface area contributed by atoms with Crippen molar-refractivity contribution >= 4 is 34.8 Å². The van der Waals surface area contributed by atoms with E-state index in [0.29, 0.717) is 17.4 Å². The second kappa shape index (κ2) is 5.71. The van der Waals surface area contributed by atoms with E-state index in [2.05, 4.69) is 0 Å². The summed E-state index contributed by atoms with van der Waals surface area (Å²) in [7, 11) is 0. The van der Waals surface area contributed by atoms with Gasteiger partial charge in [-0.2, -0.15) is 0 Å². The highest BCUT2D eigenvalue weighted by atomic mass is 35.5. The van der Waals surface area contributed by atoms with Crippen LogP contribution in [0.15, 0.2) is 12.1 Å². The van der Waals surface area contributed by atoms with Gasteiger partial charge in [-0.25, -0.2) is 0 Å². The smallest absolute Gasteiger partial charge is 0.311 e. The SMILES string of the molecule is CC(=O)N1CC[C@H](OC(=O)Cc2ccc(Cl)s2)C1. The molecule has 0 bridgehead atoms. The molecule has 1 aromatic heterocycles. The molecule has 1 aromatic rings. The van der Waals surface area contributed by atoms with Gasteiger partial charge in [-0.3, -0.25) is 9.59 Å². The van der Waals surface area contributed by atoms with E-state index in [0.717, 1.165) is 11.3 Å². The molecule has 0 aromatic carbocycles. The van der Waals surface area contributed by atoms with Gasteiger partial charge in [0, 0.05) is 24.8 Å². The van der Waals surface area contributed by atoms with E-state index >= 15 is 0 Å². The van der Waals surface area contributed by atoms with Gasteiger partial charge in [0.15, 0.2) is 0 Å². The molecule has 18 heavy (non-hydrogen) atoms. The van der Waals surface area contributed by atoms with Crippen molar-refractivity contribution in [3.05, 3.63) is 21.3 Å². The van der Waals surface area contributed by atoms with Crippen molar-refractivity contribution in [2.24, 2.45) is 0 Å². The van der Waals surface area contributed by atoms with Crippen LogP contribution in [0, 0.1) is 0 Å². The summed E-state index contributed by atoms with van der Waals surface area (Å²) < 4.78 is 6.00. The van der Waals surface area contributed by atoms with Gasteiger partial charge in [0.2, 0.25) is 5.91 Å². The normalized spacial score (nSPS) is 19.0. The molecule has 0 saturated carbocycles. The summed E-state index contributed by atoms with van der Waals surface area (Å²) in [4.78, 5) is 25.4. The predicted molar refractivity (Wildman–Crippen MR) is 69.8 cm³/mol. The molecule has 0 unspecified atom stereocenters. The first-order chi connectivity index (χ1) is 8.54. The lowest BCUT2D eigenvalue weighted by Gasteiger charge is -2.14. The Labute approximate surface area is 114 Å². The Kier molecular flexibility index (Phi) is 4.24. The zero-order valence-corrected chi connectivity index (χ0v) is 11.6. The van der Waals surface area contributed by atoms with E-state index in [4.69, 9.17) is 16.3 Å². The van der Waals surface area contributed by atoms with Crippen molar-refractivity contribution in [1.29, 1.82) is 0 Å². The third-order valence-electron chi connectivity index (χ3n) is 2.84. The average Bonchev–Trinajstić information content (AvgIpc) is 2.88. The van der Waals surface area contributed by atoms with E-state index in [1.807, 2.05) is 6.07 Å². The number of hydrogen-bond donors (Lipinski definition) is 0. The van der Waals surface area contributed by atoms with Crippen LogP contribution in [0.25, 0.3) is 0 Å². The molecule has 1 atom stereocenters. The number of esters is 1. The summed E-state index contributed by atoms with van der Waals surface area (Å²) in [5.41, 5.74) is 0. The van der Waals surface area contributed by atoms with Crippen molar-refractivity contribution < 1.29 is 14.3 Å². The first-order valence-electron chi connectivity index (χ1n) is 5.74. The molecule has 0 radical (unpaired) electrons. The van der Waals surface area contributed by atoms with Crippen LogP contribution in [0.4, 0.5) is 0 Å². The Balaban J connectivity index is 1.80. The molecule has 4 nitrogen and oxygen atoms in total. The van der Waals surface area contributed by atoms with Crippen LogP contribution in [-0.4, -0.2) is 36.0 Å². The molecule has 2 rings (SSSR count). The Morgan fingerprint density at radius 3 is 2.89 bits per heavy atom. The van der Waals surface area contributed by atoms with Crippen molar-refractivity contribution in [3.8, 4) is 0 Å². The van der Waals surface area contributed by atoms with Crippen LogP contribution in [0.2, 0.25) is 4.34 Å². The summed E-state index contributed by atoms with van der Waals surface area (Å²) in [6.45, 7) is 2.70. The van der Waals surface area contributed by atoms with Crippen molar-refractivity contribution in [3.63, 3.8) is 0 Å². The molecule has 1 amide bonds. The first-order valence-corrected chi connectivity index (χ1v) is 6.93. The summed E-state index contributed by atoms with van der Waals surface area (Å²) in [5, 5.41) is 0. The maximum atomic E-state index is 11.7. The molecule has 1 saturated heterocycles. The number of nitrogens with zero attached hydrogens (tertiary/aromatic N) is 1. The lowest BCUT2D eigenvalue weighted by Crippen LogP contribution is -2.28. The number of thiophene rings is 1. The monoisotopic (exact) mass is 287 g/mol. The Bertz CT molecular complexity index is 460. The Morgan fingerprint density at radius 1 is 1.56 bits per heavy atom. The zero-order chi connectivity index (χ0) is 13.1. The zero-order valence-electron chi connectivity index (χ0n) is 10.0. The second-order valence-electron chi connectivity index (χ2n) is 4.25. The minimum atomic E-state index is -0.260. The minimum absolute atomic E-state index is 0.0265. The van der Waals surface area contributed by atoms with Gasteiger partial charge in [0.05, 0.1) is 17.3 Å². The molecule has 0 spiro atoms. The van der Waals surface area contributed by atoms with Crippen LogP contribution in [-0.2, 0) is 20.7 Å². The van der Waals surface area contributed by atoms with Crippen LogP contribution in [0.5, 0.6) is 0 Å². The van der Waals surface area contributed by atoms with Crippen molar-refractivity contribution in [2.45, 2.75) is 25.9 Å². The number of amides is 1. The fraction of sp³-hybridized carbons (Fsp3) is 0.500. The lowest BCUT2D eigenvalue weighted by molar-refractivity contribution is -0.148. The van der Waals surface area contributed by atoms with Gasteiger partial charge in [0.1, 0.15) is 6.10 Å². The summed E-state index contributed by atoms with van der Waals surface area (Å²) >= 11 is 7.17. The lowest BCUT2D eigenvalue weighted by atomic mass is 10.3. The number of likely N-dealkylation sites (tertiary alicyclic amines) is 1. The molecule has 1 fully saturated rings. The molecule has 2 heterocycles. The highest BCUT2D eigenvalue weighted by Crippen LogP contribution is 2.22. The van der Waals surface area contributed by atoms with E-state index < -0.39 is 0 Å². The van der Waals surface area contributed by atoms with Gasteiger partial charge in [0.25, 0.3) is 0 Å². The molecule has 1 aliphatic heterocycles. The van der Waals surface area contributed by atoms with E-state index in [1.54, 1.807) is 11.0 Å². The molecule has 0 N–H and O–H groups in total. The Hall–Kier alpha value is -1.07. The van der Waals surface area contributed by atoms with Crippen LogP contribution in [0.3, 0.4) is 0 Å². The maximum absolute atomic E-state index is 11.7. The van der Waals surface area contributed by atoms with Gasteiger partial charge in [-0.15, -0.1) is 11.3 Å². The number of hydrogen-bond acceptors (Lipinski definition) is 4. The standard InChI is InChI=1S/C12H14ClNO3S/c1-8(15)14-5-4-9(7-14)17-12(16)6-10-2-3-11(13)18-10/h2-3,9H,4-7H2,1H3/t9-/m0/s1. The third kappa shape index (κ3) is 3.46. The third-order valence-corrected chi connectivity index (χ3v) is 4.07. The highest BCUT2D eigenvalue weighted by molar-refractivity contribution is 7.16. The number of rotatable bonds is 3. The fourth-order valence-corrected chi connectivity index (χ4v) is 3.00. The molecule has 98 valence electrons. The molecule has 1 aliphatic rings. The van der Waals surface area contributed by atoms with E-state index in [1.165, 1.54) is 18.3 Å². The number of carbonyl (C=O) groups excluding carboxylic acids is 2. The molecular weight excluding hydrogens is 274 g/mol. The molecule has 0 aliphatic carbocycles. The largest absolute Gasteiger partial charge is 0.460 e. The van der Waals surface area contributed by atoms with E-state index in [9.17, 15) is 9.59 Å². The molecule has 6 heteroatoms. The fourth-order valence-electron chi connectivity index (χ4n) is 1.93. The van der Waals surface area contributed by atoms with Gasteiger partial charge in [-0.05, 0) is 12.1 Å². The van der Waals surface area contributed by atoms with Crippen molar-refractivity contribution in [2.75, 3.05) is 13.1 Å². The topological polar surface area (TPSA) is 46.6 Å². The van der Waals surface area contributed by atoms with E-state index in [-0.39, 0.29) is 24.4 Å².